The molecule has 0 bridgehead atoms. The summed E-state index contributed by atoms with van der Waals surface area (Å²) in [7, 11) is -2.24. The van der Waals surface area contributed by atoms with Gasteiger partial charge in [-0.3, -0.25) is 14.1 Å². The van der Waals surface area contributed by atoms with E-state index in [4.69, 9.17) is 29.8 Å². The van der Waals surface area contributed by atoms with Crippen LogP contribution in [0.1, 0.15) is 44.1 Å². The summed E-state index contributed by atoms with van der Waals surface area (Å²) in [6.45, 7) is 0.393. The highest BCUT2D eigenvalue weighted by Gasteiger charge is 2.48. The van der Waals surface area contributed by atoms with Crippen molar-refractivity contribution < 1.29 is 42.1 Å². The molecular formula is C27H40BN3O9S. The molecule has 14 heteroatoms. The van der Waals surface area contributed by atoms with Crippen molar-refractivity contribution in [3.63, 3.8) is 0 Å². The summed E-state index contributed by atoms with van der Waals surface area (Å²) in [5.74, 6) is 0.633. The number of hydrogen-bond donors (Lipinski definition) is 6. The lowest BCUT2D eigenvalue weighted by atomic mass is 9.82. The summed E-state index contributed by atoms with van der Waals surface area (Å²) in [6.07, 6.45) is 3.60. The predicted octanol–water partition coefficient (Wildman–Crippen LogP) is 1.51. The second-order valence-corrected chi connectivity index (χ2v) is 11.2. The van der Waals surface area contributed by atoms with Crippen molar-refractivity contribution in [3.05, 3.63) is 54.1 Å². The first-order valence-electron chi connectivity index (χ1n) is 13.4. The fourth-order valence-corrected chi connectivity index (χ4v) is 5.05. The van der Waals surface area contributed by atoms with Crippen LogP contribution >= 0.6 is 0 Å². The summed E-state index contributed by atoms with van der Waals surface area (Å²) >= 11 is 0. The molecule has 2 amide bonds. The van der Waals surface area contributed by atoms with E-state index in [0.717, 1.165) is 18.4 Å². The fourth-order valence-electron chi connectivity index (χ4n) is 4.55. The number of carbonyl (C=O) groups is 2. The highest BCUT2D eigenvalue weighted by Crippen LogP contribution is 2.39. The monoisotopic (exact) mass is 593 g/mol. The molecule has 1 atom stereocenters. The van der Waals surface area contributed by atoms with Crippen LogP contribution in [0.15, 0.2) is 53.4 Å². The van der Waals surface area contributed by atoms with Gasteiger partial charge < -0.3 is 35.9 Å². The molecule has 226 valence electrons. The molecule has 1 aliphatic rings. The molecule has 1 unspecified atom stereocenters. The van der Waals surface area contributed by atoms with E-state index >= 15 is 0 Å². The Balaban J connectivity index is 0.000000493. The van der Waals surface area contributed by atoms with Crippen LogP contribution in [0.25, 0.3) is 0 Å². The maximum absolute atomic E-state index is 13.0. The van der Waals surface area contributed by atoms with E-state index in [9.17, 15) is 18.0 Å². The Bertz CT molecular complexity index is 1220. The third kappa shape index (κ3) is 10.6. The van der Waals surface area contributed by atoms with Gasteiger partial charge in [0.25, 0.3) is 10.1 Å². The number of hydrogen-bond acceptors (Lipinski definition) is 9. The van der Waals surface area contributed by atoms with Crippen molar-refractivity contribution in [1.82, 2.24) is 10.6 Å². The lowest BCUT2D eigenvalue weighted by Gasteiger charge is -2.28. The second kappa shape index (κ2) is 16.3. The Hall–Kier alpha value is -3.17. The number of amides is 2. The zero-order valence-electron chi connectivity index (χ0n) is 23.4. The zero-order chi connectivity index (χ0) is 30.5. The molecule has 41 heavy (non-hydrogen) atoms. The van der Waals surface area contributed by atoms with Crippen LogP contribution in [0.4, 0.5) is 0 Å². The zero-order valence-corrected chi connectivity index (χ0v) is 24.2. The van der Waals surface area contributed by atoms with Crippen molar-refractivity contribution in [3.8, 4) is 11.5 Å². The minimum Gasteiger partial charge on any atom is -0.493 e. The molecule has 0 radical (unpaired) electrons. The standard InChI is InChI=1S/C21H34BN3O6.C6H6O3S/c1-30-16-8-7-15(14-17(16)31-2)9-13-24-19(26)21(10-3-4-11-21)20(27)25-18(23)6-5-12-22(28)29;7-10(8,9)6-4-2-1-3-5-6/h7-8,14,18,28-29H,3-6,9-13,23H2,1-2H3,(H,24,26)(H,25,27);1-5H,(H,7,8,9). The first-order chi connectivity index (χ1) is 19.4. The quantitative estimate of drug-likeness (QED) is 0.0857. The molecule has 12 nitrogen and oxygen atoms in total. The Morgan fingerprint density at radius 1 is 1.02 bits per heavy atom. The van der Waals surface area contributed by atoms with Crippen LogP contribution in [-0.4, -0.2) is 68.9 Å². The number of nitrogens with one attached hydrogen (secondary N) is 2. The fraction of sp³-hybridized carbons (Fsp3) is 0.481. The minimum absolute atomic E-state index is 0.0741. The van der Waals surface area contributed by atoms with Gasteiger partial charge >= 0.3 is 7.12 Å². The highest BCUT2D eigenvalue weighted by atomic mass is 32.2. The number of carbonyl (C=O) groups excluding carboxylic acids is 2. The maximum Gasteiger partial charge on any atom is 0.451 e. The van der Waals surface area contributed by atoms with Crippen LogP contribution < -0.4 is 25.8 Å². The summed E-state index contributed by atoms with van der Waals surface area (Å²) in [5.41, 5.74) is 5.84. The molecule has 1 aliphatic carbocycles. The molecular weight excluding hydrogens is 553 g/mol. The third-order valence-electron chi connectivity index (χ3n) is 6.81. The van der Waals surface area contributed by atoms with Gasteiger partial charge in [0.15, 0.2) is 11.5 Å². The number of benzene rings is 2. The second-order valence-electron chi connectivity index (χ2n) is 9.76. The average Bonchev–Trinajstić information content (AvgIpc) is 3.45. The van der Waals surface area contributed by atoms with E-state index in [1.165, 1.54) is 12.1 Å². The van der Waals surface area contributed by atoms with Crippen molar-refractivity contribution in [1.29, 1.82) is 0 Å². The van der Waals surface area contributed by atoms with Gasteiger partial charge in [0.2, 0.25) is 11.8 Å². The van der Waals surface area contributed by atoms with E-state index in [1.54, 1.807) is 32.4 Å². The van der Waals surface area contributed by atoms with E-state index in [2.05, 4.69) is 10.6 Å². The summed E-state index contributed by atoms with van der Waals surface area (Å²) in [5, 5.41) is 23.5. The Labute approximate surface area is 241 Å². The van der Waals surface area contributed by atoms with Gasteiger partial charge in [-0.25, -0.2) is 0 Å². The van der Waals surface area contributed by atoms with E-state index in [0.29, 0.717) is 50.1 Å². The summed E-state index contributed by atoms with van der Waals surface area (Å²) < 4.78 is 39.8. The Morgan fingerprint density at radius 2 is 1.66 bits per heavy atom. The van der Waals surface area contributed by atoms with E-state index in [-0.39, 0.29) is 23.0 Å². The smallest absolute Gasteiger partial charge is 0.451 e. The number of methoxy groups -OCH3 is 2. The largest absolute Gasteiger partial charge is 0.493 e. The SMILES string of the molecule is COc1ccc(CCNC(=O)C2(C(=O)NC(N)CCCB(O)O)CCCC2)cc1OC.O=S(=O)(O)c1ccccc1. The topological polar surface area (TPSA) is 198 Å². The van der Waals surface area contributed by atoms with E-state index in [1.807, 2.05) is 18.2 Å². The molecule has 0 aliphatic heterocycles. The number of rotatable bonds is 13. The molecule has 0 spiro atoms. The Kier molecular flexibility index (Phi) is 13.5. The van der Waals surface area contributed by atoms with Gasteiger partial charge in [0.05, 0.1) is 25.3 Å². The van der Waals surface area contributed by atoms with Crippen LogP contribution in [0, 0.1) is 5.41 Å². The van der Waals surface area contributed by atoms with Crippen LogP contribution in [-0.2, 0) is 26.1 Å². The number of ether oxygens (including phenoxy) is 2. The first kappa shape index (κ1) is 34.0. The van der Waals surface area contributed by atoms with Gasteiger partial charge in [0, 0.05) is 6.54 Å². The molecule has 0 aromatic heterocycles. The van der Waals surface area contributed by atoms with Gasteiger partial charge in [-0.05, 0) is 61.8 Å². The maximum atomic E-state index is 13.0. The van der Waals surface area contributed by atoms with Gasteiger partial charge in [-0.2, -0.15) is 8.42 Å². The third-order valence-corrected chi connectivity index (χ3v) is 7.68. The van der Waals surface area contributed by atoms with Gasteiger partial charge in [0.1, 0.15) is 5.41 Å². The van der Waals surface area contributed by atoms with Crippen molar-refractivity contribution >= 4 is 29.1 Å². The normalized spacial score (nSPS) is 14.7. The lowest BCUT2D eigenvalue weighted by Crippen LogP contribution is -2.54. The molecule has 3 rings (SSSR count). The van der Waals surface area contributed by atoms with E-state index < -0.39 is 28.8 Å². The molecule has 2 aromatic carbocycles. The Morgan fingerprint density at radius 3 is 2.20 bits per heavy atom. The predicted molar refractivity (Wildman–Crippen MR) is 154 cm³/mol. The molecule has 1 saturated carbocycles. The van der Waals surface area contributed by atoms with Gasteiger partial charge in [-0.15, -0.1) is 0 Å². The van der Waals surface area contributed by atoms with Crippen LogP contribution in [0.2, 0.25) is 6.32 Å². The molecule has 7 N–H and O–H groups in total. The minimum atomic E-state index is -4.00. The average molecular weight is 594 g/mol. The van der Waals surface area contributed by atoms with Crippen molar-refractivity contribution in [2.75, 3.05) is 20.8 Å². The number of nitrogens with two attached hydrogens (primary N) is 1. The molecule has 0 saturated heterocycles. The van der Waals surface area contributed by atoms with Crippen LogP contribution in [0.5, 0.6) is 11.5 Å². The van der Waals surface area contributed by atoms with Crippen molar-refractivity contribution in [2.24, 2.45) is 11.1 Å². The highest BCUT2D eigenvalue weighted by molar-refractivity contribution is 7.85. The molecule has 0 heterocycles. The summed E-state index contributed by atoms with van der Waals surface area (Å²) in [4.78, 5) is 25.8. The summed E-state index contributed by atoms with van der Waals surface area (Å²) in [6, 6.07) is 13.0. The lowest BCUT2D eigenvalue weighted by molar-refractivity contribution is -0.143. The van der Waals surface area contributed by atoms with Crippen molar-refractivity contribution in [2.45, 2.75) is 62.3 Å². The van der Waals surface area contributed by atoms with Crippen LogP contribution in [0.3, 0.4) is 0 Å². The first-order valence-corrected chi connectivity index (χ1v) is 14.8. The molecule has 2 aromatic rings. The van der Waals surface area contributed by atoms with Gasteiger partial charge in [-0.1, -0.05) is 43.5 Å². The molecule has 1 fully saturated rings.